The summed E-state index contributed by atoms with van der Waals surface area (Å²) in [6.45, 7) is 4.44. The highest BCUT2D eigenvalue weighted by molar-refractivity contribution is 7.96. The maximum absolute atomic E-state index is 10.5. The average molecular weight is 396 g/mol. The second-order valence-electron chi connectivity index (χ2n) is 8.01. The summed E-state index contributed by atoms with van der Waals surface area (Å²) in [4.78, 5) is 0. The third-order valence-electron chi connectivity index (χ3n) is 5.07. The van der Waals surface area contributed by atoms with E-state index in [0.717, 1.165) is 30.8 Å². The molecule has 0 spiro atoms. The normalized spacial score (nSPS) is 13.0. The second kappa shape index (κ2) is 15.4. The van der Waals surface area contributed by atoms with Crippen LogP contribution in [0.1, 0.15) is 96.5 Å². The van der Waals surface area contributed by atoms with E-state index in [-0.39, 0.29) is 10.9 Å². The highest BCUT2D eigenvalue weighted by atomic mass is 32.2. The minimum Gasteiger partial charge on any atom is -0.362 e. The second-order valence-corrected chi connectivity index (χ2v) is 10.2. The number of unbranched alkanes of at least 4 members (excludes halogenated alkanes) is 9. The van der Waals surface area contributed by atoms with Gasteiger partial charge in [-0.15, -0.1) is 0 Å². The van der Waals surface area contributed by atoms with E-state index in [1.165, 1.54) is 56.9 Å². The van der Waals surface area contributed by atoms with Gasteiger partial charge in [-0.1, -0.05) is 102 Å². The van der Waals surface area contributed by atoms with Crippen LogP contribution < -0.4 is 0 Å². The zero-order valence-electron chi connectivity index (χ0n) is 17.8. The molecule has 2 nitrogen and oxygen atoms in total. The largest absolute Gasteiger partial charge is 0.362 e. The Kier molecular flexibility index (Phi) is 14.0. The molecule has 156 valence electrons. The molecule has 0 amide bonds. The van der Waals surface area contributed by atoms with Crippen LogP contribution in [0.25, 0.3) is 0 Å². The fourth-order valence-electron chi connectivity index (χ4n) is 3.59. The molecule has 0 aromatic heterocycles. The molecule has 0 bridgehead atoms. The van der Waals surface area contributed by atoms with Gasteiger partial charge < -0.3 is 10.2 Å². The zero-order chi connectivity index (χ0) is 19.8. The van der Waals surface area contributed by atoms with E-state index >= 15 is 0 Å². The predicted molar refractivity (Wildman–Crippen MR) is 121 cm³/mol. The molecule has 1 aromatic carbocycles. The Morgan fingerprint density at radius 1 is 0.741 bits per heavy atom. The fraction of sp³-hybridized carbons (Fsp3) is 0.750. The molecule has 0 aliphatic rings. The van der Waals surface area contributed by atoms with E-state index in [9.17, 15) is 10.2 Å². The molecule has 2 N–H and O–H groups in total. The van der Waals surface area contributed by atoms with E-state index in [1.54, 1.807) is 0 Å². The first-order chi connectivity index (χ1) is 13.1. The molecule has 3 heteroatoms. The van der Waals surface area contributed by atoms with Gasteiger partial charge in [-0.3, -0.25) is 0 Å². The summed E-state index contributed by atoms with van der Waals surface area (Å²) in [5.41, 5.74) is 1.31. The van der Waals surface area contributed by atoms with Crippen molar-refractivity contribution in [1.82, 2.24) is 0 Å². The Morgan fingerprint density at radius 3 is 1.85 bits per heavy atom. The first-order valence-electron chi connectivity index (χ1n) is 11.2. The topological polar surface area (TPSA) is 40.5 Å². The van der Waals surface area contributed by atoms with Crippen molar-refractivity contribution in [3.63, 3.8) is 0 Å². The van der Waals surface area contributed by atoms with Crippen LogP contribution in [0.5, 0.6) is 0 Å². The van der Waals surface area contributed by atoms with Crippen molar-refractivity contribution >= 4 is 10.9 Å². The highest BCUT2D eigenvalue weighted by Crippen LogP contribution is 2.20. The van der Waals surface area contributed by atoms with Crippen LogP contribution >= 0.6 is 0 Å². The van der Waals surface area contributed by atoms with Crippen LogP contribution in [-0.2, 0) is 16.6 Å². The Balaban J connectivity index is 2.18. The van der Waals surface area contributed by atoms with Crippen LogP contribution in [-0.4, -0.2) is 27.5 Å². The van der Waals surface area contributed by atoms with Crippen LogP contribution in [0.15, 0.2) is 30.3 Å². The smallest absolute Gasteiger partial charge is 0.208 e. The van der Waals surface area contributed by atoms with Gasteiger partial charge >= 0.3 is 0 Å². The monoisotopic (exact) mass is 395 g/mol. The SMILES string of the molecule is CCCCCCCCCCCCC(O)(O)C[S+](CCC)Cc1ccccc1. The van der Waals surface area contributed by atoms with Crippen molar-refractivity contribution in [2.45, 2.75) is 102 Å². The standard InChI is InChI=1S/C24H43O2S/c1-3-5-6-7-8-9-10-11-12-16-19-24(25,26)22-27(20-4-2)21-23-17-14-13-15-18-23/h13-15,17-18,25-26H,3-12,16,19-22H2,1-2H3/q+1. The third-order valence-corrected chi connectivity index (χ3v) is 7.67. The number of aliphatic hydroxyl groups is 2. The van der Waals surface area contributed by atoms with Crippen LogP contribution in [0.3, 0.4) is 0 Å². The van der Waals surface area contributed by atoms with E-state index in [4.69, 9.17) is 0 Å². The van der Waals surface area contributed by atoms with E-state index in [1.807, 2.05) is 6.07 Å². The number of benzene rings is 1. The summed E-state index contributed by atoms with van der Waals surface area (Å²) in [7, 11) is 0.0405. The summed E-state index contributed by atoms with van der Waals surface area (Å²) < 4.78 is 0. The van der Waals surface area contributed by atoms with E-state index in [2.05, 4.69) is 38.1 Å². The van der Waals surface area contributed by atoms with Crippen LogP contribution in [0.2, 0.25) is 0 Å². The lowest BCUT2D eigenvalue weighted by Gasteiger charge is -2.22. The van der Waals surface area contributed by atoms with Gasteiger partial charge in [0.05, 0.1) is 0 Å². The van der Waals surface area contributed by atoms with E-state index < -0.39 is 5.79 Å². The molecule has 0 heterocycles. The van der Waals surface area contributed by atoms with Crippen molar-refractivity contribution < 1.29 is 10.2 Å². The molecule has 1 aromatic rings. The molecule has 0 radical (unpaired) electrons. The third kappa shape index (κ3) is 13.3. The lowest BCUT2D eigenvalue weighted by Crippen LogP contribution is -2.38. The fourth-order valence-corrected chi connectivity index (χ4v) is 6.02. The van der Waals surface area contributed by atoms with Gasteiger partial charge in [-0.2, -0.15) is 0 Å². The van der Waals surface area contributed by atoms with Crippen LogP contribution in [0, 0.1) is 0 Å². The minimum absolute atomic E-state index is 0.0405. The van der Waals surface area contributed by atoms with Gasteiger partial charge in [-0.05, 0) is 23.7 Å². The maximum Gasteiger partial charge on any atom is 0.208 e. The summed E-state index contributed by atoms with van der Waals surface area (Å²) in [5.74, 6) is 1.08. The Morgan fingerprint density at radius 2 is 1.30 bits per heavy atom. The minimum atomic E-state index is -1.49. The lowest BCUT2D eigenvalue weighted by atomic mass is 10.0. The molecular weight excluding hydrogens is 352 g/mol. The van der Waals surface area contributed by atoms with Crippen molar-refractivity contribution in [3.8, 4) is 0 Å². The summed E-state index contributed by atoms with van der Waals surface area (Å²) >= 11 is 0. The van der Waals surface area contributed by atoms with Crippen molar-refractivity contribution in [1.29, 1.82) is 0 Å². The summed E-state index contributed by atoms with van der Waals surface area (Å²) in [5, 5.41) is 21.0. The van der Waals surface area contributed by atoms with Gasteiger partial charge in [-0.25, -0.2) is 0 Å². The first-order valence-corrected chi connectivity index (χ1v) is 12.9. The highest BCUT2D eigenvalue weighted by Gasteiger charge is 2.33. The van der Waals surface area contributed by atoms with Crippen LogP contribution in [0.4, 0.5) is 0 Å². The van der Waals surface area contributed by atoms with Gasteiger partial charge in [0.15, 0.2) is 5.75 Å². The number of rotatable bonds is 17. The van der Waals surface area contributed by atoms with Gasteiger partial charge in [0.2, 0.25) is 5.79 Å². The molecule has 1 atom stereocenters. The molecule has 0 fully saturated rings. The molecule has 0 aliphatic carbocycles. The Bertz CT molecular complexity index is 447. The zero-order valence-corrected chi connectivity index (χ0v) is 18.6. The number of hydrogen-bond acceptors (Lipinski definition) is 2. The molecule has 0 saturated carbocycles. The molecule has 27 heavy (non-hydrogen) atoms. The Hall–Kier alpha value is -0.510. The summed E-state index contributed by atoms with van der Waals surface area (Å²) in [6.07, 6.45) is 14.4. The van der Waals surface area contributed by atoms with Gasteiger partial charge in [0, 0.05) is 12.0 Å². The molecule has 1 unspecified atom stereocenters. The van der Waals surface area contributed by atoms with Gasteiger partial charge in [0.1, 0.15) is 11.5 Å². The van der Waals surface area contributed by atoms with Crippen molar-refractivity contribution in [2.75, 3.05) is 11.5 Å². The molecule has 1 rings (SSSR count). The Labute approximate surface area is 171 Å². The van der Waals surface area contributed by atoms with E-state index in [0.29, 0.717) is 12.2 Å². The first kappa shape index (κ1) is 24.5. The summed E-state index contributed by atoms with van der Waals surface area (Å²) in [6, 6.07) is 10.5. The van der Waals surface area contributed by atoms with Crippen molar-refractivity contribution in [3.05, 3.63) is 35.9 Å². The molecule has 0 saturated heterocycles. The maximum atomic E-state index is 10.5. The quantitative estimate of drug-likeness (QED) is 0.187. The lowest BCUT2D eigenvalue weighted by molar-refractivity contribution is -0.146. The number of hydrogen-bond donors (Lipinski definition) is 2. The van der Waals surface area contributed by atoms with Gasteiger partial charge in [0.25, 0.3) is 0 Å². The average Bonchev–Trinajstić information content (AvgIpc) is 2.64. The molecular formula is C24H43O2S+. The molecule has 0 aliphatic heterocycles. The van der Waals surface area contributed by atoms with Crippen molar-refractivity contribution in [2.24, 2.45) is 0 Å². The predicted octanol–water partition coefficient (Wildman–Crippen LogP) is 6.21.